The summed E-state index contributed by atoms with van der Waals surface area (Å²) >= 11 is 0. The molecule has 0 aliphatic rings. The lowest BCUT2D eigenvalue weighted by atomic mass is 10.0. The summed E-state index contributed by atoms with van der Waals surface area (Å²) in [5.41, 5.74) is 0. The molecule has 0 aromatic rings. The first-order valence-electron chi connectivity index (χ1n) is 8.91. The summed E-state index contributed by atoms with van der Waals surface area (Å²) < 4.78 is 0. The number of hydrogen-bond donors (Lipinski definition) is 1. The molecule has 2 nitrogen and oxygen atoms in total. The predicted octanol–water partition coefficient (Wildman–Crippen LogP) is 6.85. The zero-order chi connectivity index (χ0) is 13.3. The van der Waals surface area contributed by atoms with Gasteiger partial charge >= 0.3 is 0 Å². The van der Waals surface area contributed by atoms with Crippen LogP contribution in [-0.2, 0) is 0 Å². The van der Waals surface area contributed by atoms with Crippen molar-refractivity contribution in [2.45, 2.75) is 117 Å². The van der Waals surface area contributed by atoms with E-state index in [4.69, 9.17) is 0 Å². The van der Waals surface area contributed by atoms with Gasteiger partial charge in [0.15, 0.2) is 0 Å². The zero-order valence-electron chi connectivity index (χ0n) is 14.5. The first-order chi connectivity index (χ1) is 8.91. The maximum Gasteiger partial charge on any atom is 0 e. The molecule has 0 aromatic heterocycles. The molecule has 0 radical (unpaired) electrons. The van der Waals surface area contributed by atoms with Gasteiger partial charge in [0.2, 0.25) is 0 Å². The van der Waals surface area contributed by atoms with E-state index in [1.165, 1.54) is 103 Å². The van der Waals surface area contributed by atoms with Crippen molar-refractivity contribution in [3.05, 3.63) is 0 Å². The fourth-order valence-electron chi connectivity index (χ4n) is 2.62. The van der Waals surface area contributed by atoms with Gasteiger partial charge in [0, 0.05) is 1.43 Å². The average Bonchev–Trinajstić information content (AvgIpc) is 2.39. The van der Waals surface area contributed by atoms with Crippen LogP contribution >= 0.6 is 0 Å². The highest BCUT2D eigenvalue weighted by molar-refractivity contribution is 4.49. The van der Waals surface area contributed by atoms with Gasteiger partial charge < -0.3 is 11.6 Å². The monoisotopic (exact) mass is 291 g/mol. The van der Waals surface area contributed by atoms with Gasteiger partial charge in [-0.25, -0.2) is 0 Å². The Labute approximate surface area is 130 Å². The quantitative estimate of drug-likeness (QED) is 0.329. The Morgan fingerprint density at radius 1 is 0.400 bits per heavy atom. The van der Waals surface area contributed by atoms with E-state index < -0.39 is 0 Å². The molecule has 0 amide bonds. The van der Waals surface area contributed by atoms with Crippen LogP contribution in [0.25, 0.3) is 0 Å². The van der Waals surface area contributed by atoms with E-state index in [1.54, 1.807) is 0 Å². The van der Waals surface area contributed by atoms with Crippen LogP contribution in [-0.4, -0.2) is 5.48 Å². The lowest BCUT2D eigenvalue weighted by Crippen LogP contribution is -1.83. The second-order valence-corrected chi connectivity index (χ2v) is 5.95. The fourth-order valence-corrected chi connectivity index (χ4v) is 2.62. The van der Waals surface area contributed by atoms with Gasteiger partial charge in [-0.05, 0) is 0 Å². The Bertz CT molecular complexity index is 129. The first-order valence-corrected chi connectivity index (χ1v) is 8.91. The van der Waals surface area contributed by atoms with E-state index in [-0.39, 0.29) is 13.1 Å². The molecule has 0 aliphatic heterocycles. The molecule has 0 aliphatic carbocycles. The highest BCUT2D eigenvalue weighted by atomic mass is 16.0. The molecule has 0 spiro atoms. The van der Waals surface area contributed by atoms with Crippen LogP contribution in [0.5, 0.6) is 0 Å². The van der Waals surface area contributed by atoms with Crippen LogP contribution < -0.4 is 6.15 Å². The van der Waals surface area contributed by atoms with Crippen molar-refractivity contribution < 1.29 is 6.90 Å². The molecule has 0 unspecified atom stereocenters. The van der Waals surface area contributed by atoms with Crippen molar-refractivity contribution in [1.82, 2.24) is 6.15 Å². The third-order valence-corrected chi connectivity index (χ3v) is 3.96. The van der Waals surface area contributed by atoms with Gasteiger partial charge in [0.25, 0.3) is 0 Å². The number of unbranched alkanes of at least 4 members (excludes halogenated alkanes) is 15. The van der Waals surface area contributed by atoms with Crippen molar-refractivity contribution in [3.63, 3.8) is 0 Å². The molecule has 20 heavy (non-hydrogen) atoms. The molecule has 2 heteroatoms. The zero-order valence-corrected chi connectivity index (χ0v) is 14.5. The molecule has 128 valence electrons. The maximum atomic E-state index is 2.29. The summed E-state index contributed by atoms with van der Waals surface area (Å²) in [6, 6.07) is 0. The van der Waals surface area contributed by atoms with Crippen molar-refractivity contribution in [2.24, 2.45) is 0 Å². The summed E-state index contributed by atoms with van der Waals surface area (Å²) in [6.45, 7) is 4.59. The number of rotatable bonds is 15. The highest BCUT2D eigenvalue weighted by Crippen LogP contribution is 2.13. The van der Waals surface area contributed by atoms with Gasteiger partial charge in [0.05, 0.1) is 0 Å². The molecule has 5 N–H and O–H groups in total. The molecular formula is C18H45NO. The van der Waals surface area contributed by atoms with Crippen molar-refractivity contribution >= 4 is 0 Å². The summed E-state index contributed by atoms with van der Waals surface area (Å²) in [5, 5.41) is 0. The van der Waals surface area contributed by atoms with E-state index in [2.05, 4.69) is 13.8 Å². The highest BCUT2D eigenvalue weighted by Gasteiger charge is 1.93. The Hall–Kier alpha value is -0.0800. The van der Waals surface area contributed by atoms with Crippen LogP contribution in [0.15, 0.2) is 0 Å². The third-order valence-electron chi connectivity index (χ3n) is 3.96. The molecule has 0 bridgehead atoms. The molecule has 0 fully saturated rings. The standard InChI is InChI=1S/C18H38.H3N.H2O.H2/c1-3-5-7-9-11-13-15-17-18-16-14-12-10-8-6-4-2;;;/h3-18H2,1-2H3;1H3;1H2;1H. The minimum Gasteiger partial charge on any atom is -0.412 e. The van der Waals surface area contributed by atoms with Crippen LogP contribution in [0, 0.1) is 0 Å². The Kier molecular flexibility index (Phi) is 29.9. The average molecular weight is 292 g/mol. The predicted molar refractivity (Wildman–Crippen MR) is 96.0 cm³/mol. The number of hydrogen-bond acceptors (Lipinski definition) is 1. The third kappa shape index (κ3) is 23.0. The van der Waals surface area contributed by atoms with Crippen molar-refractivity contribution in [3.8, 4) is 0 Å². The lowest BCUT2D eigenvalue weighted by molar-refractivity contribution is 0.531. The van der Waals surface area contributed by atoms with E-state index in [1.807, 2.05) is 0 Å². The summed E-state index contributed by atoms with van der Waals surface area (Å²) in [6.07, 6.45) is 23.4. The van der Waals surface area contributed by atoms with Crippen LogP contribution in [0.1, 0.15) is 118 Å². The smallest absolute Gasteiger partial charge is 0 e. The van der Waals surface area contributed by atoms with Crippen LogP contribution in [0.2, 0.25) is 0 Å². The maximum absolute atomic E-state index is 2.29. The van der Waals surface area contributed by atoms with Crippen LogP contribution in [0.4, 0.5) is 0 Å². The lowest BCUT2D eigenvalue weighted by Gasteiger charge is -2.03. The van der Waals surface area contributed by atoms with E-state index in [9.17, 15) is 0 Å². The van der Waals surface area contributed by atoms with Gasteiger partial charge in [-0.1, -0.05) is 117 Å². The SMILES string of the molecule is CCCCCCCCCCCCCCCCCC.N.O.[HH]. The van der Waals surface area contributed by atoms with Gasteiger partial charge in [-0.2, -0.15) is 0 Å². The van der Waals surface area contributed by atoms with Gasteiger partial charge in [-0.15, -0.1) is 0 Å². The van der Waals surface area contributed by atoms with Crippen molar-refractivity contribution in [2.75, 3.05) is 0 Å². The van der Waals surface area contributed by atoms with Gasteiger partial charge in [-0.3, -0.25) is 0 Å². The van der Waals surface area contributed by atoms with Crippen molar-refractivity contribution in [1.29, 1.82) is 0 Å². The molecule has 0 rings (SSSR count). The fraction of sp³-hybridized carbons (Fsp3) is 1.00. The summed E-state index contributed by atoms with van der Waals surface area (Å²) in [7, 11) is 0. The summed E-state index contributed by atoms with van der Waals surface area (Å²) in [4.78, 5) is 0. The van der Waals surface area contributed by atoms with Gasteiger partial charge in [0.1, 0.15) is 0 Å². The molecule has 0 atom stereocenters. The Morgan fingerprint density at radius 2 is 0.550 bits per heavy atom. The minimum absolute atomic E-state index is 0. The second-order valence-electron chi connectivity index (χ2n) is 5.95. The minimum atomic E-state index is 0. The topological polar surface area (TPSA) is 66.5 Å². The molecule has 0 heterocycles. The first kappa shape index (κ1) is 24.9. The van der Waals surface area contributed by atoms with Crippen LogP contribution in [0.3, 0.4) is 0 Å². The second kappa shape index (κ2) is 24.0. The van der Waals surface area contributed by atoms with E-state index >= 15 is 0 Å². The Balaban J connectivity index is -0.000000482. The molecule has 0 saturated carbocycles. The van der Waals surface area contributed by atoms with E-state index in [0.29, 0.717) is 0 Å². The largest absolute Gasteiger partial charge is 0.412 e. The molecule has 0 saturated heterocycles. The summed E-state index contributed by atoms with van der Waals surface area (Å²) in [5.74, 6) is 0. The molecular weight excluding hydrogens is 246 g/mol. The Morgan fingerprint density at radius 3 is 0.700 bits per heavy atom. The molecule has 0 aromatic carbocycles. The normalized spacial score (nSPS) is 9.90. The van der Waals surface area contributed by atoms with E-state index in [0.717, 1.165) is 0 Å².